The van der Waals surface area contributed by atoms with Gasteiger partial charge in [-0.25, -0.2) is 14.6 Å². The Balaban J connectivity index is 0.00000272. The highest BCUT2D eigenvalue weighted by molar-refractivity contribution is 6.30. The number of phenolic OH excluding ortho intramolecular Hbond substituents is 1. The number of halogens is 2. The molecule has 0 spiro atoms. The molecule has 2 aromatic heterocycles. The first-order valence-corrected chi connectivity index (χ1v) is 10.2. The van der Waals surface area contributed by atoms with Gasteiger partial charge in [0.15, 0.2) is 5.78 Å². The van der Waals surface area contributed by atoms with Crippen molar-refractivity contribution in [3.8, 4) is 11.7 Å². The lowest BCUT2D eigenvalue weighted by Gasteiger charge is -2.36. The molecule has 0 aliphatic carbocycles. The van der Waals surface area contributed by atoms with E-state index >= 15 is 0 Å². The zero-order valence-corrected chi connectivity index (χ0v) is 18.7. The fraction of sp³-hybridized carbons (Fsp3) is 0.333. The molecule has 0 saturated carbocycles. The van der Waals surface area contributed by atoms with Gasteiger partial charge in [-0.15, -0.1) is 12.4 Å². The lowest BCUT2D eigenvalue weighted by atomic mass is 10.1. The van der Waals surface area contributed by atoms with Crippen LogP contribution >= 0.6 is 24.0 Å². The first kappa shape index (κ1) is 23.0. The van der Waals surface area contributed by atoms with E-state index in [1.165, 1.54) is 0 Å². The van der Waals surface area contributed by atoms with E-state index in [1.807, 2.05) is 6.92 Å². The van der Waals surface area contributed by atoms with Gasteiger partial charge in [0, 0.05) is 56.6 Å². The van der Waals surface area contributed by atoms with E-state index in [1.54, 1.807) is 47.5 Å². The number of piperazine rings is 1. The van der Waals surface area contributed by atoms with Crippen molar-refractivity contribution in [3.63, 3.8) is 0 Å². The van der Waals surface area contributed by atoms with Crippen LogP contribution in [0.1, 0.15) is 22.5 Å². The monoisotopic (exact) mass is 462 g/mol. The molecule has 1 aliphatic heterocycles. The molecule has 0 atom stereocenters. The smallest absolute Gasteiger partial charge is 0.250 e. The average molecular weight is 463 g/mol. The molecule has 8 nitrogen and oxygen atoms in total. The zero-order valence-electron chi connectivity index (χ0n) is 17.1. The van der Waals surface area contributed by atoms with Gasteiger partial charge in [-0.2, -0.15) is 5.10 Å². The van der Waals surface area contributed by atoms with Crippen LogP contribution in [0.4, 0.5) is 5.69 Å². The second-order valence-corrected chi connectivity index (χ2v) is 7.68. The summed E-state index contributed by atoms with van der Waals surface area (Å²) in [5, 5.41) is 15.0. The zero-order chi connectivity index (χ0) is 21.1. The number of nitrogens with zero attached hydrogens (tertiary/aromatic N) is 6. The summed E-state index contributed by atoms with van der Waals surface area (Å²) in [5.41, 5.74) is 2.10. The largest absolute Gasteiger partial charge is 0.506 e. The lowest BCUT2D eigenvalue weighted by molar-refractivity contribution is 0.0962. The van der Waals surface area contributed by atoms with Crippen LogP contribution in [0.25, 0.3) is 5.95 Å². The minimum atomic E-state index is 0. The van der Waals surface area contributed by atoms with Crippen LogP contribution in [0, 0.1) is 6.92 Å². The third-order valence-corrected chi connectivity index (χ3v) is 5.59. The average Bonchev–Trinajstić information content (AvgIpc) is 3.16. The number of phenols is 1. The lowest BCUT2D eigenvalue weighted by Crippen LogP contribution is -2.47. The molecule has 0 radical (unpaired) electrons. The number of hydrogen-bond acceptors (Lipinski definition) is 7. The van der Waals surface area contributed by atoms with Crippen molar-refractivity contribution in [2.24, 2.45) is 0 Å². The fourth-order valence-electron chi connectivity index (χ4n) is 3.64. The van der Waals surface area contributed by atoms with Crippen molar-refractivity contribution >= 4 is 35.5 Å². The number of carbonyl (C=O) groups is 1. The fourth-order valence-corrected chi connectivity index (χ4v) is 3.81. The molecule has 3 aromatic rings. The summed E-state index contributed by atoms with van der Waals surface area (Å²) < 4.78 is 1.59. The highest BCUT2D eigenvalue weighted by atomic mass is 35.5. The van der Waals surface area contributed by atoms with Gasteiger partial charge in [-0.05, 0) is 31.2 Å². The van der Waals surface area contributed by atoms with Crippen LogP contribution < -0.4 is 4.90 Å². The molecule has 0 unspecified atom stereocenters. The number of rotatable bonds is 6. The number of anilines is 1. The standard InChI is InChI=1S/C21H23ClN6O2.ClH/c1-15-17(14-25-28(15)21-23-6-2-7-24-21)19(29)5-8-26-9-11-27(12-10-26)18-13-16(22)3-4-20(18)30;/h2-4,6-7,13-14,30H,5,8-12H2,1H3;1H. The number of benzene rings is 1. The van der Waals surface area contributed by atoms with Gasteiger partial charge >= 0.3 is 0 Å². The van der Waals surface area contributed by atoms with E-state index in [-0.39, 0.29) is 23.9 Å². The quantitative estimate of drug-likeness (QED) is 0.562. The maximum atomic E-state index is 12.7. The van der Waals surface area contributed by atoms with Crippen molar-refractivity contribution < 1.29 is 9.90 Å². The first-order valence-electron chi connectivity index (χ1n) is 9.84. The van der Waals surface area contributed by atoms with Crippen molar-refractivity contribution in [2.75, 3.05) is 37.6 Å². The molecule has 1 N–H and O–H groups in total. The van der Waals surface area contributed by atoms with E-state index in [0.717, 1.165) is 37.6 Å². The summed E-state index contributed by atoms with van der Waals surface area (Å²) in [6.07, 6.45) is 5.31. The van der Waals surface area contributed by atoms with Crippen LogP contribution in [-0.4, -0.2) is 68.3 Å². The molecule has 1 aromatic carbocycles. The van der Waals surface area contributed by atoms with Crippen LogP contribution in [-0.2, 0) is 0 Å². The molecule has 3 heterocycles. The van der Waals surface area contributed by atoms with E-state index in [9.17, 15) is 9.90 Å². The van der Waals surface area contributed by atoms with Gasteiger partial charge in [-0.3, -0.25) is 9.69 Å². The number of aromatic hydroxyl groups is 1. The number of aromatic nitrogens is 4. The van der Waals surface area contributed by atoms with Gasteiger partial charge < -0.3 is 10.0 Å². The Morgan fingerprint density at radius 1 is 1.16 bits per heavy atom. The SMILES string of the molecule is Cc1c(C(=O)CCN2CCN(c3cc(Cl)ccc3O)CC2)cnn1-c1ncccn1.Cl. The summed E-state index contributed by atoms with van der Waals surface area (Å²) in [5.74, 6) is 0.747. The maximum absolute atomic E-state index is 12.7. The summed E-state index contributed by atoms with van der Waals surface area (Å²) in [4.78, 5) is 25.5. The molecule has 4 rings (SSSR count). The number of hydrogen-bond donors (Lipinski definition) is 1. The summed E-state index contributed by atoms with van der Waals surface area (Å²) in [6.45, 7) is 5.70. The third kappa shape index (κ3) is 5.15. The third-order valence-electron chi connectivity index (χ3n) is 5.36. The molecule has 1 fully saturated rings. The van der Waals surface area contributed by atoms with Crippen LogP contribution in [0.2, 0.25) is 5.02 Å². The topological polar surface area (TPSA) is 87.4 Å². The number of carbonyl (C=O) groups excluding carboxylic acids is 1. The molecular formula is C21H24Cl2N6O2. The summed E-state index contributed by atoms with van der Waals surface area (Å²) in [7, 11) is 0. The van der Waals surface area contributed by atoms with Gasteiger partial charge in [-0.1, -0.05) is 11.6 Å². The molecule has 0 bridgehead atoms. The Morgan fingerprint density at radius 3 is 2.58 bits per heavy atom. The molecule has 31 heavy (non-hydrogen) atoms. The van der Waals surface area contributed by atoms with Gasteiger partial charge in [0.05, 0.1) is 23.1 Å². The van der Waals surface area contributed by atoms with E-state index in [2.05, 4.69) is 24.9 Å². The molecule has 164 valence electrons. The van der Waals surface area contributed by atoms with E-state index in [4.69, 9.17) is 11.6 Å². The Morgan fingerprint density at radius 2 is 1.87 bits per heavy atom. The first-order chi connectivity index (χ1) is 14.5. The highest BCUT2D eigenvalue weighted by Gasteiger charge is 2.21. The minimum absolute atomic E-state index is 0. The minimum Gasteiger partial charge on any atom is -0.506 e. The van der Waals surface area contributed by atoms with Crippen LogP contribution in [0.15, 0.2) is 42.9 Å². The van der Waals surface area contributed by atoms with Gasteiger partial charge in [0.1, 0.15) is 5.75 Å². The Kier molecular flexibility index (Phi) is 7.48. The molecular weight excluding hydrogens is 439 g/mol. The maximum Gasteiger partial charge on any atom is 0.250 e. The van der Waals surface area contributed by atoms with Crippen molar-refractivity contribution in [3.05, 3.63) is 59.1 Å². The Labute approximate surface area is 191 Å². The van der Waals surface area contributed by atoms with Crippen molar-refractivity contribution in [2.45, 2.75) is 13.3 Å². The predicted molar refractivity (Wildman–Crippen MR) is 122 cm³/mol. The second-order valence-electron chi connectivity index (χ2n) is 7.24. The number of Topliss-reactive ketones (excluding diaryl/α,β-unsaturated/α-hetero) is 1. The van der Waals surface area contributed by atoms with Crippen LogP contribution in [0.3, 0.4) is 0 Å². The predicted octanol–water partition coefficient (Wildman–Crippen LogP) is 3.15. The Hall–Kier alpha value is -2.68. The van der Waals surface area contributed by atoms with Crippen LogP contribution in [0.5, 0.6) is 5.75 Å². The van der Waals surface area contributed by atoms with E-state index < -0.39 is 0 Å². The number of ketones is 1. The second kappa shape index (κ2) is 10.1. The van der Waals surface area contributed by atoms with E-state index in [0.29, 0.717) is 29.5 Å². The molecule has 1 saturated heterocycles. The van der Waals surface area contributed by atoms with Crippen molar-refractivity contribution in [1.29, 1.82) is 0 Å². The molecule has 1 aliphatic rings. The van der Waals surface area contributed by atoms with Gasteiger partial charge in [0.25, 0.3) is 5.95 Å². The normalized spacial score (nSPS) is 14.3. The summed E-state index contributed by atoms with van der Waals surface area (Å²) >= 11 is 6.06. The Bertz CT molecular complexity index is 1040. The van der Waals surface area contributed by atoms with Gasteiger partial charge in [0.2, 0.25) is 0 Å². The summed E-state index contributed by atoms with van der Waals surface area (Å²) in [6, 6.07) is 6.82. The highest BCUT2D eigenvalue weighted by Crippen LogP contribution is 2.30. The van der Waals surface area contributed by atoms with Crippen molar-refractivity contribution in [1.82, 2.24) is 24.6 Å². The molecule has 0 amide bonds. The molecule has 10 heteroatoms.